The Balaban J connectivity index is 2.05. The van der Waals surface area contributed by atoms with Crippen LogP contribution in [-0.2, 0) is 0 Å². The average molecular weight is 389 g/mol. The fraction of sp³-hybridized carbons (Fsp3) is 0.118. The van der Waals surface area contributed by atoms with E-state index in [9.17, 15) is 0 Å². The second kappa shape index (κ2) is 6.41. The van der Waals surface area contributed by atoms with Gasteiger partial charge in [0.15, 0.2) is 0 Å². The molecular formula is C17H16IN3. The molecule has 0 amide bonds. The Morgan fingerprint density at radius 3 is 2.57 bits per heavy atom. The van der Waals surface area contributed by atoms with Gasteiger partial charge in [-0.15, -0.1) is 0 Å². The Labute approximate surface area is 138 Å². The Hall–Kier alpha value is -1.66. The van der Waals surface area contributed by atoms with Crippen LogP contribution in [0.25, 0.3) is 5.69 Å². The van der Waals surface area contributed by atoms with Crippen molar-refractivity contribution in [2.75, 3.05) is 7.05 Å². The summed E-state index contributed by atoms with van der Waals surface area (Å²) in [4.78, 5) is 0. The van der Waals surface area contributed by atoms with Crippen molar-refractivity contribution in [3.63, 3.8) is 0 Å². The predicted octanol–water partition coefficient (Wildman–Crippen LogP) is 3.79. The van der Waals surface area contributed by atoms with Crippen LogP contribution in [0.1, 0.15) is 17.3 Å². The van der Waals surface area contributed by atoms with Gasteiger partial charge in [-0.05, 0) is 65.5 Å². The van der Waals surface area contributed by atoms with Gasteiger partial charge in [0.1, 0.15) is 0 Å². The van der Waals surface area contributed by atoms with Crippen LogP contribution in [0.15, 0.2) is 66.9 Å². The molecule has 0 saturated carbocycles. The molecule has 0 aliphatic heterocycles. The van der Waals surface area contributed by atoms with Gasteiger partial charge in [0.2, 0.25) is 0 Å². The molecule has 3 nitrogen and oxygen atoms in total. The fourth-order valence-electron chi connectivity index (χ4n) is 2.49. The third kappa shape index (κ3) is 3.01. The van der Waals surface area contributed by atoms with Crippen molar-refractivity contribution in [3.8, 4) is 5.69 Å². The molecule has 0 aliphatic carbocycles. The molecule has 1 N–H and O–H groups in total. The molecule has 4 heteroatoms. The quantitative estimate of drug-likeness (QED) is 0.689. The number of hydrogen-bond donors (Lipinski definition) is 1. The van der Waals surface area contributed by atoms with Crippen LogP contribution in [0, 0.1) is 3.57 Å². The van der Waals surface area contributed by atoms with Gasteiger partial charge in [0, 0.05) is 9.77 Å². The SMILES string of the molecule is CNC(c1cccc(I)c1)c1ccnn1-c1ccccc1. The average Bonchev–Trinajstić information content (AvgIpc) is 2.98. The van der Waals surface area contributed by atoms with Crippen LogP contribution in [0.4, 0.5) is 0 Å². The van der Waals surface area contributed by atoms with Crippen LogP contribution in [-0.4, -0.2) is 16.8 Å². The number of para-hydroxylation sites is 1. The number of rotatable bonds is 4. The van der Waals surface area contributed by atoms with Crippen molar-refractivity contribution < 1.29 is 0 Å². The highest BCUT2D eigenvalue weighted by atomic mass is 127. The third-order valence-electron chi connectivity index (χ3n) is 3.44. The zero-order valence-corrected chi connectivity index (χ0v) is 13.9. The summed E-state index contributed by atoms with van der Waals surface area (Å²) in [6.07, 6.45) is 1.85. The molecule has 2 aromatic carbocycles. The Morgan fingerprint density at radius 2 is 1.86 bits per heavy atom. The summed E-state index contributed by atoms with van der Waals surface area (Å²) in [5, 5.41) is 7.87. The Kier molecular flexibility index (Phi) is 4.36. The molecule has 1 heterocycles. The third-order valence-corrected chi connectivity index (χ3v) is 4.11. The van der Waals surface area contributed by atoms with E-state index in [-0.39, 0.29) is 6.04 Å². The van der Waals surface area contributed by atoms with Gasteiger partial charge in [0.05, 0.1) is 17.4 Å². The Morgan fingerprint density at radius 1 is 1.05 bits per heavy atom. The summed E-state index contributed by atoms with van der Waals surface area (Å²) in [7, 11) is 1.98. The summed E-state index contributed by atoms with van der Waals surface area (Å²) >= 11 is 2.34. The maximum atomic E-state index is 4.48. The van der Waals surface area contributed by atoms with E-state index in [1.807, 2.05) is 36.1 Å². The normalized spacial score (nSPS) is 12.3. The maximum Gasteiger partial charge on any atom is 0.0750 e. The molecule has 0 saturated heterocycles. The lowest BCUT2D eigenvalue weighted by molar-refractivity contribution is 0.637. The largest absolute Gasteiger partial charge is 0.308 e. The molecule has 0 bridgehead atoms. The number of aromatic nitrogens is 2. The monoisotopic (exact) mass is 389 g/mol. The highest BCUT2D eigenvalue weighted by molar-refractivity contribution is 14.1. The number of benzene rings is 2. The number of nitrogens with zero attached hydrogens (tertiary/aromatic N) is 2. The smallest absolute Gasteiger partial charge is 0.0750 e. The van der Waals surface area contributed by atoms with Crippen LogP contribution in [0.3, 0.4) is 0 Å². The molecule has 21 heavy (non-hydrogen) atoms. The van der Waals surface area contributed by atoms with Gasteiger partial charge in [-0.2, -0.15) is 5.10 Å². The minimum atomic E-state index is 0.113. The molecule has 1 aromatic heterocycles. The summed E-state index contributed by atoms with van der Waals surface area (Å²) in [6.45, 7) is 0. The highest BCUT2D eigenvalue weighted by Crippen LogP contribution is 2.24. The van der Waals surface area contributed by atoms with Gasteiger partial charge < -0.3 is 5.32 Å². The van der Waals surface area contributed by atoms with Crippen molar-refractivity contribution in [1.29, 1.82) is 0 Å². The Bertz CT molecular complexity index is 722. The molecule has 0 fully saturated rings. The summed E-state index contributed by atoms with van der Waals surface area (Å²) < 4.78 is 3.22. The molecule has 106 valence electrons. The minimum absolute atomic E-state index is 0.113. The van der Waals surface area contributed by atoms with Crippen LogP contribution in [0.2, 0.25) is 0 Å². The van der Waals surface area contributed by atoms with E-state index in [1.165, 1.54) is 9.13 Å². The molecule has 3 aromatic rings. The lowest BCUT2D eigenvalue weighted by Crippen LogP contribution is -2.21. The first kappa shape index (κ1) is 14.3. The van der Waals surface area contributed by atoms with Crippen molar-refractivity contribution in [2.24, 2.45) is 0 Å². The zero-order valence-electron chi connectivity index (χ0n) is 11.7. The number of hydrogen-bond acceptors (Lipinski definition) is 2. The van der Waals surface area contributed by atoms with Crippen LogP contribution in [0.5, 0.6) is 0 Å². The van der Waals surface area contributed by atoms with Crippen molar-refractivity contribution >= 4 is 22.6 Å². The summed E-state index contributed by atoms with van der Waals surface area (Å²) in [6, 6.07) is 20.9. The van der Waals surface area contributed by atoms with Gasteiger partial charge in [-0.3, -0.25) is 0 Å². The lowest BCUT2D eigenvalue weighted by Gasteiger charge is -2.19. The van der Waals surface area contributed by atoms with Crippen LogP contribution < -0.4 is 5.32 Å². The summed E-state index contributed by atoms with van der Waals surface area (Å²) in [5.41, 5.74) is 3.44. The molecule has 1 atom stereocenters. The lowest BCUT2D eigenvalue weighted by atomic mass is 10.0. The van der Waals surface area contributed by atoms with E-state index in [2.05, 4.69) is 75.5 Å². The fourth-order valence-corrected chi connectivity index (χ4v) is 3.06. The van der Waals surface area contributed by atoms with Gasteiger partial charge >= 0.3 is 0 Å². The number of nitrogens with one attached hydrogen (secondary N) is 1. The van der Waals surface area contributed by atoms with E-state index >= 15 is 0 Å². The number of halogens is 1. The molecule has 1 unspecified atom stereocenters. The standard InChI is InChI=1S/C17H16IN3/c1-19-17(13-6-5-7-14(18)12-13)16-10-11-20-21(16)15-8-3-2-4-9-15/h2-12,17,19H,1H3. The van der Waals surface area contributed by atoms with Crippen molar-refractivity contribution in [1.82, 2.24) is 15.1 Å². The van der Waals surface area contributed by atoms with Gasteiger partial charge in [0.25, 0.3) is 0 Å². The van der Waals surface area contributed by atoms with E-state index in [4.69, 9.17) is 0 Å². The molecule has 3 rings (SSSR count). The van der Waals surface area contributed by atoms with Gasteiger partial charge in [-0.25, -0.2) is 4.68 Å². The second-order valence-corrected chi connectivity index (χ2v) is 6.03. The van der Waals surface area contributed by atoms with Crippen molar-refractivity contribution in [3.05, 3.63) is 81.7 Å². The van der Waals surface area contributed by atoms with E-state index in [1.54, 1.807) is 0 Å². The molecule has 0 aliphatic rings. The first-order valence-corrected chi connectivity index (χ1v) is 7.89. The highest BCUT2D eigenvalue weighted by Gasteiger charge is 2.17. The van der Waals surface area contributed by atoms with E-state index < -0.39 is 0 Å². The topological polar surface area (TPSA) is 29.9 Å². The summed E-state index contributed by atoms with van der Waals surface area (Å²) in [5.74, 6) is 0. The van der Waals surface area contributed by atoms with Crippen LogP contribution >= 0.6 is 22.6 Å². The van der Waals surface area contributed by atoms with Crippen molar-refractivity contribution in [2.45, 2.75) is 6.04 Å². The molecule has 0 spiro atoms. The maximum absolute atomic E-state index is 4.48. The first-order valence-electron chi connectivity index (χ1n) is 6.81. The van der Waals surface area contributed by atoms with E-state index in [0.717, 1.165) is 11.4 Å². The van der Waals surface area contributed by atoms with E-state index in [0.29, 0.717) is 0 Å². The predicted molar refractivity (Wildman–Crippen MR) is 93.6 cm³/mol. The van der Waals surface area contributed by atoms with Gasteiger partial charge in [-0.1, -0.05) is 30.3 Å². The zero-order chi connectivity index (χ0) is 14.7. The molecule has 0 radical (unpaired) electrons. The minimum Gasteiger partial charge on any atom is -0.308 e. The molecular weight excluding hydrogens is 373 g/mol. The first-order chi connectivity index (χ1) is 10.3. The second-order valence-electron chi connectivity index (χ2n) is 4.78.